The molecule has 0 bridgehead atoms. The van der Waals surface area contributed by atoms with Crippen LogP contribution in [0, 0.1) is 0 Å². The molecule has 0 aliphatic rings. The van der Waals surface area contributed by atoms with Gasteiger partial charge in [0.2, 0.25) is 5.95 Å². The van der Waals surface area contributed by atoms with Gasteiger partial charge in [0.25, 0.3) is 0 Å². The quantitative estimate of drug-likeness (QED) is 0.840. The number of alkyl halides is 3. The summed E-state index contributed by atoms with van der Waals surface area (Å²) in [6.45, 7) is 0.259. The van der Waals surface area contributed by atoms with Gasteiger partial charge in [-0.1, -0.05) is 11.6 Å². The second-order valence-electron chi connectivity index (χ2n) is 4.14. The first-order chi connectivity index (χ1) is 10.4. The monoisotopic (exact) mass is 333 g/mol. The first-order valence-electron chi connectivity index (χ1n) is 6.01. The topological polar surface area (TPSA) is 56.3 Å². The van der Waals surface area contributed by atoms with Crippen LogP contribution in [-0.4, -0.2) is 23.4 Å². The van der Waals surface area contributed by atoms with Crippen molar-refractivity contribution < 1.29 is 22.6 Å². The van der Waals surface area contributed by atoms with Crippen molar-refractivity contribution in [1.29, 1.82) is 0 Å². The normalized spacial score (nSPS) is 11.3. The highest BCUT2D eigenvalue weighted by atomic mass is 35.5. The molecule has 0 unspecified atom stereocenters. The standard InChI is InChI=1S/C13H11ClF3N3O2/c1-21-7-9-6-11(14)20-12(19-9)18-8-2-4-10(5-3-8)22-13(15,16)17/h2-6H,7H2,1H3,(H,18,19,20). The first-order valence-corrected chi connectivity index (χ1v) is 6.39. The minimum atomic E-state index is -4.72. The van der Waals surface area contributed by atoms with Gasteiger partial charge in [-0.25, -0.2) is 9.97 Å². The van der Waals surface area contributed by atoms with Gasteiger partial charge < -0.3 is 14.8 Å². The summed E-state index contributed by atoms with van der Waals surface area (Å²) >= 11 is 5.86. The van der Waals surface area contributed by atoms with Gasteiger partial charge in [0.05, 0.1) is 12.3 Å². The van der Waals surface area contributed by atoms with Crippen LogP contribution < -0.4 is 10.1 Å². The maximum atomic E-state index is 12.1. The number of benzene rings is 1. The van der Waals surface area contributed by atoms with Crippen molar-refractivity contribution in [2.45, 2.75) is 13.0 Å². The molecule has 1 N–H and O–H groups in total. The molecule has 118 valence electrons. The average Bonchev–Trinajstić information content (AvgIpc) is 2.39. The molecule has 0 aliphatic heterocycles. The van der Waals surface area contributed by atoms with Crippen LogP contribution in [0.25, 0.3) is 0 Å². The van der Waals surface area contributed by atoms with Gasteiger partial charge in [0.1, 0.15) is 10.9 Å². The maximum Gasteiger partial charge on any atom is 0.573 e. The third kappa shape index (κ3) is 5.05. The summed E-state index contributed by atoms with van der Waals surface area (Å²) in [6, 6.07) is 6.71. The van der Waals surface area contributed by atoms with Gasteiger partial charge in [-0.15, -0.1) is 13.2 Å². The molecule has 1 heterocycles. The molecule has 2 aromatic rings. The average molecular weight is 334 g/mol. The summed E-state index contributed by atoms with van der Waals surface area (Å²) in [7, 11) is 1.52. The van der Waals surface area contributed by atoms with Crippen molar-refractivity contribution in [3.63, 3.8) is 0 Å². The largest absolute Gasteiger partial charge is 0.573 e. The lowest BCUT2D eigenvalue weighted by molar-refractivity contribution is -0.274. The fourth-order valence-electron chi connectivity index (χ4n) is 1.61. The van der Waals surface area contributed by atoms with Gasteiger partial charge in [-0.05, 0) is 30.3 Å². The Morgan fingerprint density at radius 1 is 1.18 bits per heavy atom. The number of rotatable bonds is 5. The van der Waals surface area contributed by atoms with Crippen molar-refractivity contribution in [2.24, 2.45) is 0 Å². The summed E-state index contributed by atoms with van der Waals surface area (Å²) in [5, 5.41) is 3.06. The number of hydrogen-bond acceptors (Lipinski definition) is 5. The SMILES string of the molecule is COCc1cc(Cl)nc(Nc2ccc(OC(F)(F)F)cc2)n1. The van der Waals surface area contributed by atoms with Crippen LogP contribution in [0.1, 0.15) is 5.69 Å². The van der Waals surface area contributed by atoms with Crippen LogP contribution in [-0.2, 0) is 11.3 Å². The number of hydrogen-bond donors (Lipinski definition) is 1. The van der Waals surface area contributed by atoms with E-state index in [4.69, 9.17) is 16.3 Å². The van der Waals surface area contributed by atoms with E-state index < -0.39 is 6.36 Å². The van der Waals surface area contributed by atoms with Crippen molar-refractivity contribution >= 4 is 23.2 Å². The second-order valence-corrected chi connectivity index (χ2v) is 4.52. The zero-order chi connectivity index (χ0) is 16.2. The number of aromatic nitrogens is 2. The van der Waals surface area contributed by atoms with Crippen LogP contribution in [0.15, 0.2) is 30.3 Å². The summed E-state index contributed by atoms with van der Waals surface area (Å²) < 4.78 is 44.9. The Bertz CT molecular complexity index is 635. The predicted molar refractivity (Wildman–Crippen MR) is 74.2 cm³/mol. The van der Waals surface area contributed by atoms with E-state index in [9.17, 15) is 13.2 Å². The number of anilines is 2. The van der Waals surface area contributed by atoms with E-state index in [0.717, 1.165) is 0 Å². The van der Waals surface area contributed by atoms with Crippen LogP contribution in [0.3, 0.4) is 0 Å². The highest BCUT2D eigenvalue weighted by molar-refractivity contribution is 6.29. The van der Waals surface area contributed by atoms with E-state index in [1.54, 1.807) is 6.07 Å². The van der Waals surface area contributed by atoms with E-state index in [0.29, 0.717) is 11.4 Å². The summed E-state index contributed by atoms with van der Waals surface area (Å²) in [5.41, 5.74) is 1.06. The zero-order valence-corrected chi connectivity index (χ0v) is 12.1. The molecule has 0 amide bonds. The molecule has 2 rings (SSSR count). The molecule has 0 saturated carbocycles. The Hall–Kier alpha value is -2.06. The molecule has 5 nitrogen and oxygen atoms in total. The number of ether oxygens (including phenoxy) is 2. The Kier molecular flexibility index (Phi) is 5.04. The summed E-state index contributed by atoms with van der Waals surface area (Å²) in [5.74, 6) is -0.103. The first kappa shape index (κ1) is 16.3. The van der Waals surface area contributed by atoms with Crippen molar-refractivity contribution in [3.05, 3.63) is 41.2 Å². The molecule has 1 aromatic carbocycles. The smallest absolute Gasteiger partial charge is 0.406 e. The molecule has 0 aliphatic carbocycles. The minimum Gasteiger partial charge on any atom is -0.406 e. The van der Waals surface area contributed by atoms with Crippen LogP contribution in [0.4, 0.5) is 24.8 Å². The molecule has 22 heavy (non-hydrogen) atoms. The van der Waals surface area contributed by atoms with E-state index in [1.165, 1.54) is 31.4 Å². The molecule has 0 saturated heterocycles. The fraction of sp³-hybridized carbons (Fsp3) is 0.231. The predicted octanol–water partition coefficient (Wildman–Crippen LogP) is 3.92. The van der Waals surface area contributed by atoms with Gasteiger partial charge in [0, 0.05) is 12.8 Å². The minimum absolute atomic E-state index is 0.212. The zero-order valence-electron chi connectivity index (χ0n) is 11.3. The number of nitrogens with zero attached hydrogens (tertiary/aromatic N) is 2. The number of nitrogens with one attached hydrogen (secondary N) is 1. The lowest BCUT2D eigenvalue weighted by Crippen LogP contribution is -2.17. The van der Waals surface area contributed by atoms with Gasteiger partial charge in [0.15, 0.2) is 0 Å². The van der Waals surface area contributed by atoms with E-state index in [1.807, 2.05) is 0 Å². The van der Waals surface area contributed by atoms with Gasteiger partial charge in [-0.3, -0.25) is 0 Å². The molecular weight excluding hydrogens is 323 g/mol. The highest BCUT2D eigenvalue weighted by Gasteiger charge is 2.30. The molecule has 9 heteroatoms. The Balaban J connectivity index is 2.10. The van der Waals surface area contributed by atoms with Gasteiger partial charge >= 0.3 is 6.36 Å². The van der Waals surface area contributed by atoms with E-state index in [2.05, 4.69) is 20.0 Å². The Labute approximate surface area is 129 Å². The Morgan fingerprint density at radius 2 is 1.86 bits per heavy atom. The fourth-order valence-corrected chi connectivity index (χ4v) is 1.82. The number of halogens is 4. The van der Waals surface area contributed by atoms with Crippen LogP contribution >= 0.6 is 11.6 Å². The van der Waals surface area contributed by atoms with Crippen molar-refractivity contribution in [1.82, 2.24) is 9.97 Å². The van der Waals surface area contributed by atoms with E-state index >= 15 is 0 Å². The maximum absolute atomic E-state index is 12.1. The van der Waals surface area contributed by atoms with Crippen molar-refractivity contribution in [3.8, 4) is 5.75 Å². The Morgan fingerprint density at radius 3 is 2.45 bits per heavy atom. The third-order valence-corrected chi connectivity index (χ3v) is 2.58. The second kappa shape index (κ2) is 6.80. The summed E-state index contributed by atoms with van der Waals surface area (Å²) in [6.07, 6.45) is -4.72. The lowest BCUT2D eigenvalue weighted by atomic mass is 10.3. The molecule has 0 atom stereocenters. The molecule has 1 aromatic heterocycles. The van der Waals surface area contributed by atoms with E-state index in [-0.39, 0.29) is 23.5 Å². The highest BCUT2D eigenvalue weighted by Crippen LogP contribution is 2.25. The van der Waals surface area contributed by atoms with Crippen LogP contribution in [0.2, 0.25) is 5.15 Å². The lowest BCUT2D eigenvalue weighted by Gasteiger charge is -2.10. The molecular formula is C13H11ClF3N3O2. The molecule has 0 spiro atoms. The number of methoxy groups -OCH3 is 1. The van der Waals surface area contributed by atoms with Crippen molar-refractivity contribution in [2.75, 3.05) is 12.4 Å². The van der Waals surface area contributed by atoms with Crippen LogP contribution in [0.5, 0.6) is 5.75 Å². The molecule has 0 fully saturated rings. The molecule has 0 radical (unpaired) electrons. The third-order valence-electron chi connectivity index (χ3n) is 2.38. The summed E-state index contributed by atoms with van der Waals surface area (Å²) in [4.78, 5) is 8.13. The van der Waals surface area contributed by atoms with Gasteiger partial charge in [-0.2, -0.15) is 0 Å².